The van der Waals surface area contributed by atoms with Crippen LogP contribution in [-0.4, -0.2) is 30.5 Å². The molecule has 96 valence electrons. The van der Waals surface area contributed by atoms with Crippen molar-refractivity contribution in [1.29, 1.82) is 0 Å². The van der Waals surface area contributed by atoms with Gasteiger partial charge in [-0.3, -0.25) is 4.98 Å². The van der Waals surface area contributed by atoms with Gasteiger partial charge in [-0.2, -0.15) is 0 Å². The molecular weight excluding hydrogens is 210 g/mol. The van der Waals surface area contributed by atoms with Crippen LogP contribution < -0.4 is 5.32 Å². The fourth-order valence-corrected chi connectivity index (χ4v) is 1.69. The van der Waals surface area contributed by atoms with E-state index in [-0.39, 0.29) is 0 Å². The average Bonchev–Trinajstić information content (AvgIpc) is 2.29. The summed E-state index contributed by atoms with van der Waals surface area (Å²) in [5, 5.41) is 3.13. The fourth-order valence-electron chi connectivity index (χ4n) is 1.69. The van der Waals surface area contributed by atoms with Crippen LogP contribution in [0.15, 0.2) is 18.3 Å². The van der Waals surface area contributed by atoms with Crippen LogP contribution in [0, 0.1) is 5.92 Å². The minimum atomic E-state index is 0.767. The van der Waals surface area contributed by atoms with E-state index in [1.807, 2.05) is 13.2 Å². The summed E-state index contributed by atoms with van der Waals surface area (Å²) < 4.78 is 0. The summed E-state index contributed by atoms with van der Waals surface area (Å²) in [5.74, 6) is 0.767. The normalized spacial score (nSPS) is 11.4. The lowest BCUT2D eigenvalue weighted by atomic mass is 10.1. The van der Waals surface area contributed by atoms with Crippen molar-refractivity contribution in [1.82, 2.24) is 15.2 Å². The molecule has 0 bridgehead atoms. The van der Waals surface area contributed by atoms with Crippen molar-refractivity contribution < 1.29 is 0 Å². The van der Waals surface area contributed by atoms with Gasteiger partial charge in [0.05, 0.1) is 5.69 Å². The maximum Gasteiger partial charge on any atom is 0.0544 e. The lowest BCUT2D eigenvalue weighted by Crippen LogP contribution is -2.21. The number of nitrogens with one attached hydrogen (secondary N) is 1. The van der Waals surface area contributed by atoms with Gasteiger partial charge in [0.2, 0.25) is 0 Å². The number of rotatable bonds is 7. The second-order valence-corrected chi connectivity index (χ2v) is 5.11. The molecule has 0 radical (unpaired) electrons. The van der Waals surface area contributed by atoms with Crippen molar-refractivity contribution >= 4 is 0 Å². The Morgan fingerprint density at radius 3 is 2.65 bits per heavy atom. The Morgan fingerprint density at radius 2 is 2.12 bits per heavy atom. The van der Waals surface area contributed by atoms with E-state index in [0.29, 0.717) is 0 Å². The first kappa shape index (κ1) is 14.1. The predicted molar refractivity (Wildman–Crippen MR) is 72.8 cm³/mol. The quantitative estimate of drug-likeness (QED) is 0.786. The third-order valence-corrected chi connectivity index (χ3v) is 2.79. The lowest BCUT2D eigenvalue weighted by molar-refractivity contribution is 0.300. The van der Waals surface area contributed by atoms with Gasteiger partial charge in [-0.1, -0.05) is 19.9 Å². The Hall–Kier alpha value is -0.930. The Morgan fingerprint density at radius 1 is 1.35 bits per heavy atom. The molecule has 0 amide bonds. The smallest absolute Gasteiger partial charge is 0.0544 e. The topological polar surface area (TPSA) is 28.2 Å². The van der Waals surface area contributed by atoms with Gasteiger partial charge in [0, 0.05) is 19.3 Å². The monoisotopic (exact) mass is 235 g/mol. The summed E-state index contributed by atoms with van der Waals surface area (Å²) in [7, 11) is 4.11. The molecule has 17 heavy (non-hydrogen) atoms. The van der Waals surface area contributed by atoms with Gasteiger partial charge in [-0.05, 0) is 44.6 Å². The van der Waals surface area contributed by atoms with Crippen LogP contribution in [-0.2, 0) is 13.1 Å². The summed E-state index contributed by atoms with van der Waals surface area (Å²) in [6.45, 7) is 7.48. The number of hydrogen-bond acceptors (Lipinski definition) is 3. The van der Waals surface area contributed by atoms with E-state index in [1.54, 1.807) is 0 Å². The molecule has 1 heterocycles. The van der Waals surface area contributed by atoms with Gasteiger partial charge in [0.25, 0.3) is 0 Å². The number of pyridine rings is 1. The molecule has 0 saturated heterocycles. The Bertz CT molecular complexity index is 306. The molecule has 3 nitrogen and oxygen atoms in total. The molecule has 3 heteroatoms. The largest absolute Gasteiger partial charge is 0.316 e. The van der Waals surface area contributed by atoms with E-state index in [1.165, 1.54) is 12.0 Å². The highest BCUT2D eigenvalue weighted by atomic mass is 15.1. The molecule has 0 aliphatic carbocycles. The highest BCUT2D eigenvalue weighted by Gasteiger charge is 2.03. The molecular formula is C14H25N3. The van der Waals surface area contributed by atoms with Crippen LogP contribution in [0.5, 0.6) is 0 Å². The summed E-state index contributed by atoms with van der Waals surface area (Å²) in [4.78, 5) is 6.82. The minimum Gasteiger partial charge on any atom is -0.316 e. The molecule has 0 aromatic carbocycles. The van der Waals surface area contributed by atoms with Gasteiger partial charge in [0.15, 0.2) is 0 Å². The van der Waals surface area contributed by atoms with E-state index in [4.69, 9.17) is 0 Å². The van der Waals surface area contributed by atoms with Crippen LogP contribution >= 0.6 is 0 Å². The van der Waals surface area contributed by atoms with Gasteiger partial charge in [0.1, 0.15) is 0 Å². The highest BCUT2D eigenvalue weighted by molar-refractivity contribution is 5.13. The van der Waals surface area contributed by atoms with Crippen LogP contribution in [0.4, 0.5) is 0 Å². The summed E-state index contributed by atoms with van der Waals surface area (Å²) in [6, 6.07) is 4.27. The van der Waals surface area contributed by atoms with Gasteiger partial charge >= 0.3 is 0 Å². The molecule has 1 rings (SSSR count). The molecule has 1 aromatic rings. The van der Waals surface area contributed by atoms with Gasteiger partial charge in [-0.25, -0.2) is 0 Å². The Balaban J connectivity index is 2.40. The number of nitrogens with zero attached hydrogens (tertiary/aromatic N) is 2. The van der Waals surface area contributed by atoms with Gasteiger partial charge < -0.3 is 10.2 Å². The third kappa shape index (κ3) is 5.80. The zero-order valence-electron chi connectivity index (χ0n) is 11.5. The molecule has 0 aliphatic rings. The molecule has 0 saturated carbocycles. The molecule has 0 fully saturated rings. The van der Waals surface area contributed by atoms with Crippen LogP contribution in [0.3, 0.4) is 0 Å². The maximum atomic E-state index is 4.48. The molecule has 0 unspecified atom stereocenters. The van der Waals surface area contributed by atoms with Crippen LogP contribution in [0.1, 0.15) is 31.5 Å². The molecule has 1 N–H and O–H groups in total. The first-order valence-electron chi connectivity index (χ1n) is 6.38. The summed E-state index contributed by atoms with van der Waals surface area (Å²) in [5.41, 5.74) is 2.39. The van der Waals surface area contributed by atoms with Crippen molar-refractivity contribution in [2.75, 3.05) is 20.6 Å². The SMILES string of the molecule is CNCc1ccc(CN(C)CCC(C)C)nc1. The van der Waals surface area contributed by atoms with Crippen LogP contribution in [0.2, 0.25) is 0 Å². The average molecular weight is 235 g/mol. The second-order valence-electron chi connectivity index (χ2n) is 5.11. The van der Waals surface area contributed by atoms with E-state index < -0.39 is 0 Å². The van der Waals surface area contributed by atoms with Gasteiger partial charge in [-0.15, -0.1) is 0 Å². The van der Waals surface area contributed by atoms with Crippen molar-refractivity contribution in [3.8, 4) is 0 Å². The van der Waals surface area contributed by atoms with Crippen molar-refractivity contribution in [2.45, 2.75) is 33.4 Å². The van der Waals surface area contributed by atoms with E-state index in [9.17, 15) is 0 Å². The fraction of sp³-hybridized carbons (Fsp3) is 0.643. The first-order chi connectivity index (χ1) is 8.11. The lowest BCUT2D eigenvalue weighted by Gasteiger charge is -2.17. The van der Waals surface area contributed by atoms with Crippen molar-refractivity contribution in [3.63, 3.8) is 0 Å². The molecule has 1 aromatic heterocycles. The Labute approximate surface area is 105 Å². The first-order valence-corrected chi connectivity index (χ1v) is 6.38. The Kier molecular flexibility index (Phi) is 6.16. The highest BCUT2D eigenvalue weighted by Crippen LogP contribution is 2.05. The minimum absolute atomic E-state index is 0.767. The van der Waals surface area contributed by atoms with E-state index in [2.05, 4.69) is 48.2 Å². The standard InChI is InChI=1S/C14H25N3/c1-12(2)7-8-17(4)11-14-6-5-13(9-15-3)10-16-14/h5-6,10,12,15H,7-9,11H2,1-4H3. The molecule has 0 spiro atoms. The second kappa shape index (κ2) is 7.41. The maximum absolute atomic E-state index is 4.48. The van der Waals surface area contributed by atoms with Crippen LogP contribution in [0.25, 0.3) is 0 Å². The van der Waals surface area contributed by atoms with E-state index >= 15 is 0 Å². The number of hydrogen-bond donors (Lipinski definition) is 1. The predicted octanol–water partition coefficient (Wildman–Crippen LogP) is 2.28. The van der Waals surface area contributed by atoms with Crippen molar-refractivity contribution in [3.05, 3.63) is 29.6 Å². The van der Waals surface area contributed by atoms with E-state index in [0.717, 1.165) is 31.2 Å². The zero-order valence-corrected chi connectivity index (χ0v) is 11.5. The molecule has 0 aliphatic heterocycles. The summed E-state index contributed by atoms with van der Waals surface area (Å²) in [6.07, 6.45) is 3.20. The number of aromatic nitrogens is 1. The molecule has 0 atom stereocenters. The third-order valence-electron chi connectivity index (χ3n) is 2.79. The zero-order chi connectivity index (χ0) is 12.7. The van der Waals surface area contributed by atoms with Crippen molar-refractivity contribution in [2.24, 2.45) is 5.92 Å². The summed E-state index contributed by atoms with van der Waals surface area (Å²) >= 11 is 0.